The van der Waals surface area contributed by atoms with E-state index in [1.807, 2.05) is 0 Å². The summed E-state index contributed by atoms with van der Waals surface area (Å²) in [7, 11) is 0. The highest BCUT2D eigenvalue weighted by atomic mass is 16.7. The van der Waals surface area contributed by atoms with Gasteiger partial charge >= 0.3 is 5.97 Å². The summed E-state index contributed by atoms with van der Waals surface area (Å²) in [5.41, 5.74) is 0.195. The molecule has 14 heteroatoms. The molecule has 0 unspecified atom stereocenters. The maximum absolute atomic E-state index is 12.8. The fourth-order valence-electron chi connectivity index (χ4n) is 4.38. The Morgan fingerprint density at radius 2 is 1.72 bits per heavy atom. The van der Waals surface area contributed by atoms with Crippen molar-refractivity contribution in [2.75, 3.05) is 31.6 Å². The van der Waals surface area contributed by atoms with E-state index in [0.29, 0.717) is 31.4 Å². The summed E-state index contributed by atoms with van der Waals surface area (Å²) in [5, 5.41) is 35.5. The van der Waals surface area contributed by atoms with Crippen LogP contribution in [0.15, 0.2) is 36.4 Å². The Labute approximate surface area is 267 Å². The van der Waals surface area contributed by atoms with Crippen LogP contribution in [0.25, 0.3) is 6.08 Å². The summed E-state index contributed by atoms with van der Waals surface area (Å²) in [5.74, 6) is -1.59. The van der Waals surface area contributed by atoms with Crippen molar-refractivity contribution >= 4 is 41.4 Å². The molecule has 4 amide bonds. The molecule has 1 aromatic carbocycles. The molecule has 0 spiro atoms. The van der Waals surface area contributed by atoms with Gasteiger partial charge in [-0.3, -0.25) is 28.9 Å². The Bertz CT molecular complexity index is 1300. The van der Waals surface area contributed by atoms with Gasteiger partial charge < -0.3 is 40.2 Å². The Morgan fingerprint density at radius 1 is 1.00 bits per heavy atom. The van der Waals surface area contributed by atoms with Crippen molar-refractivity contribution in [3.8, 4) is 5.75 Å². The first kappa shape index (κ1) is 36.4. The van der Waals surface area contributed by atoms with Gasteiger partial charge in [-0.05, 0) is 57.4 Å². The zero-order valence-corrected chi connectivity index (χ0v) is 26.3. The maximum atomic E-state index is 12.8. The summed E-state index contributed by atoms with van der Waals surface area (Å²) >= 11 is 0. The molecule has 1 saturated heterocycles. The molecule has 1 fully saturated rings. The lowest BCUT2D eigenvalue weighted by Gasteiger charge is -2.35. The number of carbonyl (C=O) groups is 5. The minimum atomic E-state index is -1.55. The molecular weight excluding hydrogens is 602 g/mol. The first-order valence-corrected chi connectivity index (χ1v) is 15.2. The molecule has 0 bridgehead atoms. The van der Waals surface area contributed by atoms with Gasteiger partial charge in [0, 0.05) is 38.1 Å². The van der Waals surface area contributed by atoms with Crippen molar-refractivity contribution in [3.05, 3.63) is 42.0 Å². The fraction of sp³-hybridized carbons (Fsp3) is 0.531. The number of unbranched alkanes of at least 4 members (excludes halogenated alkanes) is 2. The van der Waals surface area contributed by atoms with E-state index in [9.17, 15) is 39.3 Å². The van der Waals surface area contributed by atoms with Crippen LogP contribution in [-0.4, -0.2) is 101 Å². The molecular formula is C32H43N3O11. The van der Waals surface area contributed by atoms with E-state index in [4.69, 9.17) is 14.2 Å². The van der Waals surface area contributed by atoms with Gasteiger partial charge in [0.05, 0.1) is 17.7 Å². The number of nitrogens with zero attached hydrogens (tertiary/aromatic N) is 1. The van der Waals surface area contributed by atoms with E-state index in [0.717, 1.165) is 4.90 Å². The van der Waals surface area contributed by atoms with E-state index in [1.54, 1.807) is 45.1 Å². The van der Waals surface area contributed by atoms with Crippen LogP contribution in [-0.2, 0) is 33.4 Å². The molecule has 2 aliphatic heterocycles. The Hall–Kier alpha value is -4.11. The smallest absolute Gasteiger partial charge is 0.311 e. The molecule has 1 aromatic rings. The van der Waals surface area contributed by atoms with E-state index < -0.39 is 35.9 Å². The lowest BCUT2D eigenvalue weighted by Crippen LogP contribution is -2.54. The standard InChI is InChI=1S/C32H43N3O11/c1-32(2,3)31(43)44-17-7-8-20-10-11-23(46-30-29(42)28(41)22(36)19-45-30)21(18-20)34-25(38)14-15-33-24(37)9-5-4-6-16-35-26(39)12-13-27(35)40/h7-8,10-13,18,22,28-30,36,41-42H,4-6,9,14-17,19H2,1-3H3,(H,33,37)(H,34,38)/b8-7+/t22-,28+,29-,30+/m1/s1. The van der Waals surface area contributed by atoms with Gasteiger partial charge in [-0.1, -0.05) is 18.6 Å². The number of carbonyl (C=O) groups excluding carboxylic acids is 5. The van der Waals surface area contributed by atoms with Crippen LogP contribution in [0.5, 0.6) is 5.75 Å². The molecule has 2 aliphatic rings. The second-order valence-corrected chi connectivity index (χ2v) is 12.0. The van der Waals surface area contributed by atoms with E-state index >= 15 is 0 Å². The Morgan fingerprint density at radius 3 is 2.41 bits per heavy atom. The molecule has 0 saturated carbocycles. The SMILES string of the molecule is CC(C)(C)C(=O)OC/C=C/c1ccc(O[C@@H]2OC[C@@H](O)[C@H](O)[C@H]2O)c(NC(=O)CCNC(=O)CCCCCN2C(=O)C=CC2=O)c1. The zero-order valence-electron chi connectivity index (χ0n) is 26.3. The van der Waals surface area contributed by atoms with Gasteiger partial charge in [0.15, 0.2) is 0 Å². The Balaban J connectivity index is 1.52. The van der Waals surface area contributed by atoms with Crippen molar-refractivity contribution in [1.29, 1.82) is 0 Å². The van der Waals surface area contributed by atoms with Gasteiger partial charge in [0.1, 0.15) is 30.7 Å². The summed E-state index contributed by atoms with van der Waals surface area (Å²) in [6, 6.07) is 4.77. The molecule has 2 heterocycles. The third-order valence-corrected chi connectivity index (χ3v) is 7.07. The molecule has 5 N–H and O–H groups in total. The third kappa shape index (κ3) is 11.1. The van der Waals surface area contributed by atoms with Crippen molar-refractivity contribution in [2.45, 2.75) is 77.5 Å². The minimum absolute atomic E-state index is 0.0351. The van der Waals surface area contributed by atoms with E-state index in [2.05, 4.69) is 10.6 Å². The van der Waals surface area contributed by atoms with Gasteiger partial charge in [0.2, 0.25) is 18.1 Å². The van der Waals surface area contributed by atoms with Crippen LogP contribution in [0, 0.1) is 5.41 Å². The highest BCUT2D eigenvalue weighted by Crippen LogP contribution is 2.30. The highest BCUT2D eigenvalue weighted by molar-refractivity contribution is 6.12. The van der Waals surface area contributed by atoms with Crippen molar-refractivity contribution in [3.63, 3.8) is 0 Å². The average molecular weight is 646 g/mol. The normalized spacial score (nSPS) is 21.5. The number of amides is 4. The average Bonchev–Trinajstić information content (AvgIpc) is 3.32. The number of nitrogens with one attached hydrogen (secondary N) is 2. The van der Waals surface area contributed by atoms with Crippen LogP contribution >= 0.6 is 0 Å². The number of aliphatic hydroxyl groups is 3. The van der Waals surface area contributed by atoms with Crippen molar-refractivity contribution in [1.82, 2.24) is 10.2 Å². The number of hydrogen-bond donors (Lipinski definition) is 5. The number of hydrogen-bond acceptors (Lipinski definition) is 11. The third-order valence-electron chi connectivity index (χ3n) is 7.07. The van der Waals surface area contributed by atoms with Crippen molar-refractivity contribution in [2.24, 2.45) is 5.41 Å². The number of imide groups is 1. The quantitative estimate of drug-likeness (QED) is 0.104. The van der Waals surface area contributed by atoms with E-state index in [1.165, 1.54) is 18.2 Å². The van der Waals surface area contributed by atoms with Crippen LogP contribution in [0.2, 0.25) is 0 Å². The lowest BCUT2D eigenvalue weighted by molar-refractivity contribution is -0.241. The number of benzene rings is 1. The van der Waals surface area contributed by atoms with Gasteiger partial charge in [0.25, 0.3) is 11.8 Å². The molecule has 3 rings (SSSR count). The van der Waals surface area contributed by atoms with Gasteiger partial charge in [-0.25, -0.2) is 0 Å². The summed E-state index contributed by atoms with van der Waals surface area (Å²) in [6.07, 6.45) is 2.07. The number of aliphatic hydroxyl groups excluding tert-OH is 3. The summed E-state index contributed by atoms with van der Waals surface area (Å²) in [6.45, 7) is 5.37. The van der Waals surface area contributed by atoms with Crippen LogP contribution < -0.4 is 15.4 Å². The number of rotatable bonds is 15. The van der Waals surface area contributed by atoms with Crippen LogP contribution in [0.1, 0.15) is 58.4 Å². The van der Waals surface area contributed by atoms with E-state index in [-0.39, 0.29) is 67.7 Å². The predicted molar refractivity (Wildman–Crippen MR) is 165 cm³/mol. The molecule has 4 atom stereocenters. The zero-order chi connectivity index (χ0) is 33.9. The fourth-order valence-corrected chi connectivity index (χ4v) is 4.38. The van der Waals surface area contributed by atoms with Crippen LogP contribution in [0.4, 0.5) is 5.69 Å². The molecule has 252 valence electrons. The molecule has 0 aliphatic carbocycles. The first-order valence-electron chi connectivity index (χ1n) is 15.2. The molecule has 0 radical (unpaired) electrons. The molecule has 0 aromatic heterocycles. The minimum Gasteiger partial charge on any atom is -0.461 e. The number of esters is 1. The van der Waals surface area contributed by atoms with Gasteiger partial charge in [-0.2, -0.15) is 0 Å². The maximum Gasteiger partial charge on any atom is 0.311 e. The van der Waals surface area contributed by atoms with Crippen LogP contribution in [0.3, 0.4) is 0 Å². The second kappa shape index (κ2) is 17.0. The number of ether oxygens (including phenoxy) is 3. The highest BCUT2D eigenvalue weighted by Gasteiger charge is 2.39. The predicted octanol–water partition coefficient (Wildman–Crippen LogP) is 1.04. The Kier molecular flexibility index (Phi) is 13.4. The summed E-state index contributed by atoms with van der Waals surface area (Å²) in [4.78, 5) is 61.3. The summed E-state index contributed by atoms with van der Waals surface area (Å²) < 4.78 is 16.3. The first-order chi connectivity index (χ1) is 21.8. The second-order valence-electron chi connectivity index (χ2n) is 12.0. The largest absolute Gasteiger partial charge is 0.461 e. The molecule has 14 nitrogen and oxygen atoms in total. The topological polar surface area (TPSA) is 201 Å². The number of anilines is 1. The van der Waals surface area contributed by atoms with Crippen molar-refractivity contribution < 1.29 is 53.5 Å². The lowest BCUT2D eigenvalue weighted by atomic mass is 9.97. The molecule has 46 heavy (non-hydrogen) atoms. The van der Waals surface area contributed by atoms with Gasteiger partial charge in [-0.15, -0.1) is 0 Å². The monoisotopic (exact) mass is 645 g/mol.